The van der Waals surface area contributed by atoms with Crippen molar-refractivity contribution in [3.05, 3.63) is 77.2 Å². The Labute approximate surface area is 169 Å². The van der Waals surface area contributed by atoms with Crippen molar-refractivity contribution in [3.63, 3.8) is 0 Å². The van der Waals surface area contributed by atoms with Gasteiger partial charge in [0, 0.05) is 17.1 Å². The SMILES string of the molecule is COc1ccccc1-c1cnc(C(=O)N2CCC[C@@H]2c2ccccc2Cl)cn1. The lowest BCUT2D eigenvalue weighted by atomic mass is 10.0. The van der Waals surface area contributed by atoms with Gasteiger partial charge in [0.05, 0.1) is 31.2 Å². The van der Waals surface area contributed by atoms with Crippen molar-refractivity contribution in [2.24, 2.45) is 0 Å². The first-order valence-corrected chi connectivity index (χ1v) is 9.57. The second kappa shape index (κ2) is 7.98. The molecule has 1 fully saturated rings. The minimum atomic E-state index is -0.124. The monoisotopic (exact) mass is 393 g/mol. The Morgan fingerprint density at radius 2 is 1.89 bits per heavy atom. The Balaban J connectivity index is 1.59. The minimum Gasteiger partial charge on any atom is -0.496 e. The first kappa shape index (κ1) is 18.4. The van der Waals surface area contributed by atoms with Gasteiger partial charge in [-0.25, -0.2) is 4.98 Å². The molecule has 0 spiro atoms. The molecular formula is C22H20ClN3O2. The van der Waals surface area contributed by atoms with Gasteiger partial charge in [-0.05, 0) is 36.6 Å². The summed E-state index contributed by atoms with van der Waals surface area (Å²) in [6, 6.07) is 15.3. The number of hydrogen-bond donors (Lipinski definition) is 0. The van der Waals surface area contributed by atoms with Crippen LogP contribution in [-0.4, -0.2) is 34.4 Å². The molecule has 5 nitrogen and oxygen atoms in total. The number of carbonyl (C=O) groups is 1. The van der Waals surface area contributed by atoms with Crippen LogP contribution < -0.4 is 4.74 Å². The molecule has 2 aromatic carbocycles. The molecular weight excluding hydrogens is 374 g/mol. The molecule has 2 heterocycles. The van der Waals surface area contributed by atoms with Crippen LogP contribution in [0.15, 0.2) is 60.9 Å². The highest BCUT2D eigenvalue weighted by atomic mass is 35.5. The molecule has 0 saturated carbocycles. The summed E-state index contributed by atoms with van der Waals surface area (Å²) in [6.07, 6.45) is 4.98. The van der Waals surface area contributed by atoms with Crippen LogP contribution in [0.2, 0.25) is 5.02 Å². The molecule has 142 valence electrons. The molecule has 3 aromatic rings. The summed E-state index contributed by atoms with van der Waals surface area (Å²) >= 11 is 6.36. The van der Waals surface area contributed by atoms with Crippen molar-refractivity contribution in [2.45, 2.75) is 18.9 Å². The fraction of sp³-hybridized carbons (Fsp3) is 0.227. The van der Waals surface area contributed by atoms with E-state index in [-0.39, 0.29) is 11.9 Å². The van der Waals surface area contributed by atoms with Crippen molar-refractivity contribution >= 4 is 17.5 Å². The van der Waals surface area contributed by atoms with Gasteiger partial charge in [0.25, 0.3) is 5.91 Å². The third-order valence-electron chi connectivity index (χ3n) is 5.03. The van der Waals surface area contributed by atoms with Gasteiger partial charge in [-0.1, -0.05) is 41.9 Å². The number of benzene rings is 2. The van der Waals surface area contributed by atoms with Gasteiger partial charge in [-0.3, -0.25) is 9.78 Å². The van der Waals surface area contributed by atoms with Gasteiger partial charge >= 0.3 is 0 Å². The molecule has 6 heteroatoms. The largest absolute Gasteiger partial charge is 0.496 e. The molecule has 1 saturated heterocycles. The van der Waals surface area contributed by atoms with E-state index in [1.54, 1.807) is 13.3 Å². The molecule has 0 radical (unpaired) electrons. The van der Waals surface area contributed by atoms with E-state index in [9.17, 15) is 4.79 Å². The molecule has 28 heavy (non-hydrogen) atoms. The van der Waals surface area contributed by atoms with Crippen molar-refractivity contribution in [3.8, 4) is 17.0 Å². The van der Waals surface area contributed by atoms with Gasteiger partial charge in [-0.2, -0.15) is 0 Å². The second-order valence-electron chi connectivity index (χ2n) is 6.67. The maximum Gasteiger partial charge on any atom is 0.274 e. The van der Waals surface area contributed by atoms with Crippen molar-refractivity contribution in [1.29, 1.82) is 0 Å². The predicted molar refractivity (Wildman–Crippen MR) is 108 cm³/mol. The number of ether oxygens (including phenoxy) is 1. The minimum absolute atomic E-state index is 0.0307. The lowest BCUT2D eigenvalue weighted by Gasteiger charge is -2.25. The van der Waals surface area contributed by atoms with E-state index in [4.69, 9.17) is 16.3 Å². The molecule has 1 amide bonds. The van der Waals surface area contributed by atoms with E-state index in [2.05, 4.69) is 9.97 Å². The predicted octanol–water partition coefficient (Wildman–Crippen LogP) is 4.78. The number of rotatable bonds is 4. The molecule has 0 N–H and O–H groups in total. The van der Waals surface area contributed by atoms with Gasteiger partial charge in [0.1, 0.15) is 11.4 Å². The average Bonchev–Trinajstić information content (AvgIpc) is 3.23. The van der Waals surface area contributed by atoms with E-state index in [0.717, 1.165) is 24.0 Å². The van der Waals surface area contributed by atoms with Crippen LogP contribution in [0.25, 0.3) is 11.3 Å². The highest BCUT2D eigenvalue weighted by Crippen LogP contribution is 2.36. The topological polar surface area (TPSA) is 55.3 Å². The first-order valence-electron chi connectivity index (χ1n) is 9.20. The summed E-state index contributed by atoms with van der Waals surface area (Å²) in [5, 5.41) is 0.685. The molecule has 0 bridgehead atoms. The average molecular weight is 394 g/mol. The highest BCUT2D eigenvalue weighted by molar-refractivity contribution is 6.31. The van der Waals surface area contributed by atoms with Crippen molar-refractivity contribution in [1.82, 2.24) is 14.9 Å². The number of aromatic nitrogens is 2. The van der Waals surface area contributed by atoms with E-state index >= 15 is 0 Å². The van der Waals surface area contributed by atoms with Gasteiger partial charge in [0.2, 0.25) is 0 Å². The summed E-state index contributed by atoms with van der Waals surface area (Å²) < 4.78 is 5.38. The Hall–Kier alpha value is -2.92. The molecule has 1 atom stereocenters. The lowest BCUT2D eigenvalue weighted by molar-refractivity contribution is 0.0729. The number of methoxy groups -OCH3 is 1. The summed E-state index contributed by atoms with van der Waals surface area (Å²) in [7, 11) is 1.62. The zero-order valence-electron chi connectivity index (χ0n) is 15.5. The van der Waals surface area contributed by atoms with Crippen molar-refractivity contribution in [2.75, 3.05) is 13.7 Å². The van der Waals surface area contributed by atoms with Gasteiger partial charge < -0.3 is 9.64 Å². The third-order valence-corrected chi connectivity index (χ3v) is 5.38. The van der Waals surface area contributed by atoms with Gasteiger partial charge in [-0.15, -0.1) is 0 Å². The van der Waals surface area contributed by atoms with Crippen LogP contribution in [0.3, 0.4) is 0 Å². The third kappa shape index (κ3) is 3.45. The summed E-state index contributed by atoms with van der Waals surface area (Å²) in [4.78, 5) is 23.7. The number of carbonyl (C=O) groups excluding carboxylic acids is 1. The number of likely N-dealkylation sites (tertiary alicyclic amines) is 1. The highest BCUT2D eigenvalue weighted by Gasteiger charge is 2.32. The maximum atomic E-state index is 13.1. The van der Waals surface area contributed by atoms with Crippen LogP contribution in [0, 0.1) is 0 Å². The summed E-state index contributed by atoms with van der Waals surface area (Å²) in [5.41, 5.74) is 2.82. The lowest BCUT2D eigenvalue weighted by Crippen LogP contribution is -2.31. The fourth-order valence-electron chi connectivity index (χ4n) is 3.66. The smallest absolute Gasteiger partial charge is 0.274 e. The Morgan fingerprint density at radius 3 is 2.64 bits per heavy atom. The number of para-hydroxylation sites is 1. The maximum absolute atomic E-state index is 13.1. The van der Waals surface area contributed by atoms with E-state index in [1.165, 1.54) is 6.20 Å². The summed E-state index contributed by atoms with van der Waals surface area (Å²) in [6.45, 7) is 0.685. The van der Waals surface area contributed by atoms with Crippen LogP contribution in [0.4, 0.5) is 0 Å². The Kier molecular flexibility index (Phi) is 5.26. The summed E-state index contributed by atoms with van der Waals surface area (Å²) in [5.74, 6) is 0.593. The quantitative estimate of drug-likeness (QED) is 0.639. The zero-order valence-corrected chi connectivity index (χ0v) is 16.3. The van der Waals surface area contributed by atoms with Gasteiger partial charge in [0.15, 0.2) is 0 Å². The molecule has 0 aliphatic carbocycles. The standard InChI is InChI=1S/C22H20ClN3O2/c1-28-21-11-5-3-8-16(21)18-13-25-19(14-24-18)22(27)26-12-6-10-20(26)15-7-2-4-9-17(15)23/h2-5,7-9,11,13-14,20H,6,10,12H2,1H3/t20-/m1/s1. The zero-order chi connectivity index (χ0) is 19.5. The number of hydrogen-bond acceptors (Lipinski definition) is 4. The Morgan fingerprint density at radius 1 is 1.11 bits per heavy atom. The first-order chi connectivity index (χ1) is 13.7. The number of nitrogens with zero attached hydrogens (tertiary/aromatic N) is 3. The Bertz CT molecular complexity index is 991. The van der Waals surface area contributed by atoms with E-state index < -0.39 is 0 Å². The van der Waals surface area contributed by atoms with E-state index in [1.807, 2.05) is 53.4 Å². The number of amides is 1. The second-order valence-corrected chi connectivity index (χ2v) is 7.07. The van der Waals surface area contributed by atoms with Crippen LogP contribution in [-0.2, 0) is 0 Å². The molecule has 1 aromatic heterocycles. The molecule has 1 aliphatic rings. The molecule has 1 aliphatic heterocycles. The normalized spacial score (nSPS) is 16.2. The van der Waals surface area contributed by atoms with Crippen LogP contribution >= 0.6 is 11.6 Å². The number of halogens is 1. The van der Waals surface area contributed by atoms with E-state index in [0.29, 0.717) is 28.7 Å². The fourth-order valence-corrected chi connectivity index (χ4v) is 3.92. The van der Waals surface area contributed by atoms with Crippen LogP contribution in [0.5, 0.6) is 5.75 Å². The molecule has 4 rings (SSSR count). The van der Waals surface area contributed by atoms with Crippen LogP contribution in [0.1, 0.15) is 34.9 Å². The molecule has 0 unspecified atom stereocenters. The van der Waals surface area contributed by atoms with Crippen molar-refractivity contribution < 1.29 is 9.53 Å².